The Balaban J connectivity index is 1.33. The molecular formula is C22H18FN7O4S. The highest BCUT2D eigenvalue weighted by Crippen LogP contribution is 2.19. The van der Waals surface area contributed by atoms with Crippen LogP contribution >= 0.6 is 11.8 Å². The van der Waals surface area contributed by atoms with Crippen LogP contribution in [-0.4, -0.2) is 48.8 Å². The van der Waals surface area contributed by atoms with Crippen molar-refractivity contribution in [1.82, 2.24) is 25.1 Å². The maximum absolute atomic E-state index is 13.0. The summed E-state index contributed by atoms with van der Waals surface area (Å²) in [5.41, 5.74) is 1.07. The van der Waals surface area contributed by atoms with Crippen molar-refractivity contribution in [1.29, 1.82) is 0 Å². The van der Waals surface area contributed by atoms with Crippen molar-refractivity contribution in [3.8, 4) is 0 Å². The van der Waals surface area contributed by atoms with E-state index in [1.165, 1.54) is 58.7 Å². The average molecular weight is 495 g/mol. The summed E-state index contributed by atoms with van der Waals surface area (Å²) in [6.45, 7) is 0.266. The highest BCUT2D eigenvalue weighted by molar-refractivity contribution is 7.99. The number of thioether (sulfide) groups is 1. The Morgan fingerprint density at radius 2 is 1.89 bits per heavy atom. The molecule has 2 heterocycles. The lowest BCUT2D eigenvalue weighted by atomic mass is 10.2. The molecular weight excluding hydrogens is 477 g/mol. The molecule has 0 atom stereocenters. The monoisotopic (exact) mass is 495 g/mol. The van der Waals surface area contributed by atoms with Crippen LogP contribution in [0.4, 0.5) is 15.8 Å². The van der Waals surface area contributed by atoms with Crippen LogP contribution in [0.15, 0.2) is 65.7 Å². The number of fused-ring (bicyclic) bond motifs is 1. The second-order valence-corrected chi connectivity index (χ2v) is 8.21. The Hall–Kier alpha value is -4.39. The summed E-state index contributed by atoms with van der Waals surface area (Å²) in [6, 6.07) is 14.3. The third kappa shape index (κ3) is 6.14. The standard InChI is InChI=1S/C22H18FN7O4S/c23-15-6-4-14(5-7-15)22(32)24-11-10-19-27-26-18-8-9-21(28-29(18)19)35-13-20(31)25-16-2-1-3-17(12-16)30(33)34/h1-9,12H,10-11,13H2,(H,24,32)(H,25,31). The molecule has 0 aliphatic heterocycles. The van der Waals surface area contributed by atoms with Crippen LogP contribution < -0.4 is 10.6 Å². The quantitative estimate of drug-likeness (QED) is 0.205. The number of nitrogens with zero attached hydrogens (tertiary/aromatic N) is 5. The molecule has 178 valence electrons. The normalized spacial score (nSPS) is 10.8. The molecule has 13 heteroatoms. The van der Waals surface area contributed by atoms with Gasteiger partial charge >= 0.3 is 0 Å². The van der Waals surface area contributed by atoms with Crippen LogP contribution in [0.5, 0.6) is 0 Å². The summed E-state index contributed by atoms with van der Waals surface area (Å²) in [6.07, 6.45) is 0.350. The molecule has 0 fully saturated rings. The molecule has 0 aliphatic rings. The van der Waals surface area contributed by atoms with Gasteiger partial charge in [0.15, 0.2) is 11.5 Å². The van der Waals surface area contributed by atoms with E-state index in [4.69, 9.17) is 0 Å². The third-order valence-electron chi connectivity index (χ3n) is 4.74. The highest BCUT2D eigenvalue weighted by Gasteiger charge is 2.12. The predicted octanol–water partition coefficient (Wildman–Crippen LogP) is 2.87. The van der Waals surface area contributed by atoms with Gasteiger partial charge in [0.05, 0.1) is 10.7 Å². The zero-order valence-corrected chi connectivity index (χ0v) is 18.9. The lowest BCUT2D eigenvalue weighted by Crippen LogP contribution is -2.26. The van der Waals surface area contributed by atoms with E-state index >= 15 is 0 Å². The largest absolute Gasteiger partial charge is 0.352 e. The van der Waals surface area contributed by atoms with Gasteiger partial charge in [-0.2, -0.15) is 9.61 Å². The number of rotatable bonds is 9. The van der Waals surface area contributed by atoms with Crippen molar-refractivity contribution in [2.24, 2.45) is 0 Å². The number of non-ortho nitro benzene ring substituents is 1. The molecule has 0 saturated carbocycles. The van der Waals surface area contributed by atoms with Gasteiger partial charge < -0.3 is 10.6 Å². The van der Waals surface area contributed by atoms with Gasteiger partial charge in [-0.3, -0.25) is 19.7 Å². The van der Waals surface area contributed by atoms with Gasteiger partial charge in [0.1, 0.15) is 10.8 Å². The first-order chi connectivity index (χ1) is 16.9. The van der Waals surface area contributed by atoms with E-state index < -0.39 is 10.7 Å². The minimum absolute atomic E-state index is 0.0341. The van der Waals surface area contributed by atoms with E-state index in [1.807, 2.05) is 0 Å². The molecule has 0 unspecified atom stereocenters. The van der Waals surface area contributed by atoms with Crippen LogP contribution in [0.1, 0.15) is 16.2 Å². The van der Waals surface area contributed by atoms with E-state index in [-0.39, 0.29) is 29.8 Å². The summed E-state index contributed by atoms with van der Waals surface area (Å²) in [5.74, 6) is -0.546. The number of hydrogen-bond donors (Lipinski definition) is 2. The van der Waals surface area contributed by atoms with Gasteiger partial charge in [-0.25, -0.2) is 4.39 Å². The first-order valence-corrected chi connectivity index (χ1v) is 11.3. The number of hydrogen-bond acceptors (Lipinski definition) is 8. The molecule has 0 saturated heterocycles. The molecule has 35 heavy (non-hydrogen) atoms. The summed E-state index contributed by atoms with van der Waals surface area (Å²) in [5, 5.41) is 29.4. The highest BCUT2D eigenvalue weighted by atomic mass is 32.2. The van der Waals surface area contributed by atoms with Crippen LogP contribution in [0, 0.1) is 15.9 Å². The molecule has 0 spiro atoms. The Bertz CT molecular complexity index is 1390. The van der Waals surface area contributed by atoms with E-state index in [2.05, 4.69) is 25.9 Å². The second kappa shape index (κ2) is 10.7. The minimum Gasteiger partial charge on any atom is -0.352 e. The number of nitrogens with one attached hydrogen (secondary N) is 2. The summed E-state index contributed by atoms with van der Waals surface area (Å²) in [7, 11) is 0. The third-order valence-corrected chi connectivity index (χ3v) is 5.66. The number of nitro benzene ring substituents is 1. The van der Waals surface area contributed by atoms with Gasteiger partial charge in [-0.05, 0) is 42.5 Å². The smallest absolute Gasteiger partial charge is 0.271 e. The fraction of sp³-hybridized carbons (Fsp3) is 0.136. The van der Waals surface area contributed by atoms with Gasteiger partial charge in [0.2, 0.25) is 5.91 Å². The molecule has 4 aromatic rings. The van der Waals surface area contributed by atoms with Crippen molar-refractivity contribution < 1.29 is 18.9 Å². The fourth-order valence-electron chi connectivity index (χ4n) is 3.07. The molecule has 2 aromatic heterocycles. The lowest BCUT2D eigenvalue weighted by molar-refractivity contribution is -0.384. The minimum atomic E-state index is -0.533. The number of aromatic nitrogens is 4. The predicted molar refractivity (Wildman–Crippen MR) is 126 cm³/mol. The van der Waals surface area contributed by atoms with Crippen LogP contribution in [-0.2, 0) is 11.2 Å². The number of anilines is 1. The van der Waals surface area contributed by atoms with E-state index in [9.17, 15) is 24.1 Å². The molecule has 2 N–H and O–H groups in total. The SMILES string of the molecule is O=C(CSc1ccc2nnc(CCNC(=O)c3ccc(F)cc3)n2n1)Nc1cccc([N+](=O)[O-])c1. The molecule has 0 bridgehead atoms. The molecule has 2 aromatic carbocycles. The first kappa shape index (κ1) is 23.8. The second-order valence-electron chi connectivity index (χ2n) is 7.21. The van der Waals surface area contributed by atoms with Crippen LogP contribution in [0.3, 0.4) is 0 Å². The molecule has 4 rings (SSSR count). The summed E-state index contributed by atoms with van der Waals surface area (Å²) in [4.78, 5) is 34.8. The first-order valence-electron chi connectivity index (χ1n) is 10.3. The number of amides is 2. The van der Waals surface area contributed by atoms with Crippen molar-refractivity contribution >= 4 is 40.6 Å². The van der Waals surface area contributed by atoms with Gasteiger partial charge in [-0.1, -0.05) is 17.8 Å². The number of benzene rings is 2. The maximum atomic E-state index is 13.0. The summed E-state index contributed by atoms with van der Waals surface area (Å²) >= 11 is 1.18. The number of nitro groups is 1. The molecule has 0 radical (unpaired) electrons. The summed E-state index contributed by atoms with van der Waals surface area (Å²) < 4.78 is 14.5. The zero-order valence-electron chi connectivity index (χ0n) is 18.1. The fourth-order valence-corrected chi connectivity index (χ4v) is 3.73. The number of carbonyl (C=O) groups is 2. The van der Waals surface area contributed by atoms with Gasteiger partial charge in [-0.15, -0.1) is 10.2 Å². The Labute approximate surface area is 201 Å². The van der Waals surface area contributed by atoms with Gasteiger partial charge in [0, 0.05) is 36.3 Å². The Morgan fingerprint density at radius 1 is 1.09 bits per heavy atom. The molecule has 0 aliphatic carbocycles. The Kier molecular flexibility index (Phi) is 7.26. The van der Waals surface area contributed by atoms with Crippen molar-refractivity contribution in [2.75, 3.05) is 17.6 Å². The van der Waals surface area contributed by atoms with Crippen molar-refractivity contribution in [2.45, 2.75) is 11.4 Å². The molecule has 11 nitrogen and oxygen atoms in total. The lowest BCUT2D eigenvalue weighted by Gasteiger charge is -2.06. The Morgan fingerprint density at radius 3 is 2.66 bits per heavy atom. The topological polar surface area (TPSA) is 144 Å². The average Bonchev–Trinajstić information content (AvgIpc) is 3.25. The van der Waals surface area contributed by atoms with Gasteiger partial charge in [0.25, 0.3) is 11.6 Å². The van der Waals surface area contributed by atoms with E-state index in [0.29, 0.717) is 34.2 Å². The van der Waals surface area contributed by atoms with E-state index in [0.717, 1.165) is 0 Å². The molecule has 2 amide bonds. The maximum Gasteiger partial charge on any atom is 0.271 e. The van der Waals surface area contributed by atoms with Crippen molar-refractivity contribution in [3.05, 3.63) is 88.0 Å². The van der Waals surface area contributed by atoms with Crippen LogP contribution in [0.2, 0.25) is 0 Å². The van der Waals surface area contributed by atoms with Crippen LogP contribution in [0.25, 0.3) is 5.65 Å². The van der Waals surface area contributed by atoms with E-state index in [1.54, 1.807) is 18.2 Å². The number of halogens is 1. The number of carbonyl (C=O) groups excluding carboxylic acids is 2. The van der Waals surface area contributed by atoms with Crippen molar-refractivity contribution in [3.63, 3.8) is 0 Å². The zero-order chi connectivity index (χ0) is 24.8.